The molecule has 0 aliphatic carbocycles. The van der Waals surface area contributed by atoms with Gasteiger partial charge in [-0.25, -0.2) is 12.8 Å². The van der Waals surface area contributed by atoms with E-state index in [1.807, 2.05) is 0 Å². The van der Waals surface area contributed by atoms with Crippen molar-refractivity contribution >= 4 is 27.3 Å². The molecule has 3 rings (SSSR count). The molecule has 0 aliphatic heterocycles. The number of aromatic nitrogens is 2. The number of hydrogen-bond acceptors (Lipinski definition) is 8. The molecule has 12 heteroatoms. The van der Waals surface area contributed by atoms with Crippen molar-refractivity contribution in [3.63, 3.8) is 0 Å². The smallest absolute Gasteiger partial charge is 0.261 e. The third-order valence-electron chi connectivity index (χ3n) is 5.20. The molecule has 1 heterocycles. The maximum absolute atomic E-state index is 13.1. The number of carbonyl (C=O) groups is 1. The van der Waals surface area contributed by atoms with Crippen LogP contribution in [0.15, 0.2) is 57.9 Å². The number of amides is 1. The first-order chi connectivity index (χ1) is 16.6. The number of nitrogens with zero attached hydrogens (tertiary/aromatic N) is 2. The normalized spacial score (nSPS) is 12.8. The molecule has 1 amide bonds. The molecule has 0 bridgehead atoms. The summed E-state index contributed by atoms with van der Waals surface area (Å²) in [4.78, 5) is 16.5. The van der Waals surface area contributed by atoms with Crippen LogP contribution in [0.1, 0.15) is 38.6 Å². The van der Waals surface area contributed by atoms with Crippen LogP contribution in [0.2, 0.25) is 0 Å². The molecule has 188 valence electrons. The fourth-order valence-corrected chi connectivity index (χ4v) is 4.10. The van der Waals surface area contributed by atoms with Crippen molar-refractivity contribution in [3.05, 3.63) is 54.4 Å². The Kier molecular flexibility index (Phi) is 8.20. The number of rotatable bonds is 11. The maximum atomic E-state index is 13.1. The van der Waals surface area contributed by atoms with Gasteiger partial charge in [0.2, 0.25) is 17.6 Å². The molecule has 2 aromatic carbocycles. The van der Waals surface area contributed by atoms with Crippen LogP contribution >= 0.6 is 0 Å². The zero-order valence-corrected chi connectivity index (χ0v) is 20.3. The standard InChI is InChI=1S/C23H29FN6O4S/c1-23(2,14-24)22(31)27-16-7-4-8-17(13-16)30-35(32,33)18-9-3-6-15(12-18)20-28-21(34-29-20)19(26)10-5-11-25/h3-4,6-9,12-13,19,30H,5,10-11,14,25-26H2,1-2H3,(H,27,31). The zero-order valence-electron chi connectivity index (χ0n) is 19.5. The molecule has 1 aromatic heterocycles. The van der Waals surface area contributed by atoms with Gasteiger partial charge in [-0.1, -0.05) is 23.4 Å². The summed E-state index contributed by atoms with van der Waals surface area (Å²) in [7, 11) is -3.99. The average Bonchev–Trinajstić information content (AvgIpc) is 3.33. The fraction of sp³-hybridized carbons (Fsp3) is 0.348. The molecule has 6 N–H and O–H groups in total. The van der Waals surface area contributed by atoms with Gasteiger partial charge in [0.15, 0.2) is 0 Å². The SMILES string of the molecule is CC(C)(CF)C(=O)Nc1cccc(NS(=O)(=O)c2cccc(-c3noc(C(N)CCCN)n3)c2)c1. The van der Waals surface area contributed by atoms with Gasteiger partial charge in [0.25, 0.3) is 10.0 Å². The Bertz CT molecular complexity index is 1280. The van der Waals surface area contributed by atoms with Crippen molar-refractivity contribution in [2.24, 2.45) is 16.9 Å². The minimum Gasteiger partial charge on any atom is -0.337 e. The van der Waals surface area contributed by atoms with E-state index < -0.39 is 34.1 Å². The van der Waals surface area contributed by atoms with Crippen molar-refractivity contribution in [2.45, 2.75) is 37.6 Å². The van der Waals surface area contributed by atoms with Crippen LogP contribution in [-0.4, -0.2) is 37.7 Å². The Balaban J connectivity index is 1.78. The van der Waals surface area contributed by atoms with Crippen LogP contribution in [0.25, 0.3) is 11.4 Å². The molecule has 10 nitrogen and oxygen atoms in total. The number of nitrogens with two attached hydrogens (primary N) is 2. The van der Waals surface area contributed by atoms with E-state index in [1.54, 1.807) is 24.3 Å². The highest BCUT2D eigenvalue weighted by molar-refractivity contribution is 7.92. The quantitative estimate of drug-likeness (QED) is 0.309. The Hall–Kier alpha value is -3.35. The first-order valence-electron chi connectivity index (χ1n) is 11.0. The van der Waals surface area contributed by atoms with Crippen molar-refractivity contribution in [3.8, 4) is 11.4 Å². The summed E-state index contributed by atoms with van der Waals surface area (Å²) in [6.45, 7) is 2.61. The van der Waals surface area contributed by atoms with Gasteiger partial charge in [-0.3, -0.25) is 9.52 Å². The molecule has 0 fully saturated rings. The Morgan fingerprint density at radius 2 is 1.89 bits per heavy atom. The Morgan fingerprint density at radius 1 is 1.17 bits per heavy atom. The largest absolute Gasteiger partial charge is 0.337 e. The Morgan fingerprint density at radius 3 is 2.60 bits per heavy atom. The van der Waals surface area contributed by atoms with Crippen LogP contribution in [0.5, 0.6) is 0 Å². The lowest BCUT2D eigenvalue weighted by atomic mass is 9.94. The van der Waals surface area contributed by atoms with Gasteiger partial charge in [0, 0.05) is 11.3 Å². The zero-order chi connectivity index (χ0) is 25.6. The van der Waals surface area contributed by atoms with E-state index in [4.69, 9.17) is 16.0 Å². The lowest BCUT2D eigenvalue weighted by Crippen LogP contribution is -2.32. The number of sulfonamides is 1. The number of carbonyl (C=O) groups excluding carboxylic acids is 1. The molecule has 1 unspecified atom stereocenters. The summed E-state index contributed by atoms with van der Waals surface area (Å²) >= 11 is 0. The first kappa shape index (κ1) is 26.3. The van der Waals surface area contributed by atoms with Gasteiger partial charge in [0.1, 0.15) is 6.67 Å². The number of hydrogen-bond donors (Lipinski definition) is 4. The van der Waals surface area contributed by atoms with Gasteiger partial charge < -0.3 is 21.3 Å². The van der Waals surface area contributed by atoms with E-state index in [9.17, 15) is 17.6 Å². The molecule has 0 saturated heterocycles. The number of anilines is 2. The van der Waals surface area contributed by atoms with Crippen molar-refractivity contribution < 1.29 is 22.1 Å². The van der Waals surface area contributed by atoms with Gasteiger partial charge in [-0.05, 0) is 63.6 Å². The highest BCUT2D eigenvalue weighted by Gasteiger charge is 2.27. The predicted octanol–water partition coefficient (Wildman–Crippen LogP) is 3.21. The van der Waals surface area contributed by atoms with Crippen LogP contribution in [-0.2, 0) is 14.8 Å². The third kappa shape index (κ3) is 6.62. The van der Waals surface area contributed by atoms with Gasteiger partial charge in [-0.2, -0.15) is 4.98 Å². The number of nitrogens with one attached hydrogen (secondary N) is 2. The van der Waals surface area contributed by atoms with Crippen molar-refractivity contribution in [2.75, 3.05) is 23.3 Å². The number of benzene rings is 2. The lowest BCUT2D eigenvalue weighted by Gasteiger charge is -2.19. The molecular formula is C23H29FN6O4S. The van der Waals surface area contributed by atoms with E-state index in [0.29, 0.717) is 30.6 Å². The van der Waals surface area contributed by atoms with Gasteiger partial charge in [0.05, 0.1) is 22.0 Å². The maximum Gasteiger partial charge on any atom is 0.261 e. The van der Waals surface area contributed by atoms with Crippen LogP contribution in [0.3, 0.4) is 0 Å². The summed E-state index contributed by atoms with van der Waals surface area (Å²) in [6, 6.07) is 11.7. The predicted molar refractivity (Wildman–Crippen MR) is 131 cm³/mol. The van der Waals surface area contributed by atoms with E-state index in [0.717, 1.165) is 0 Å². The molecule has 0 aliphatic rings. The molecule has 0 saturated carbocycles. The van der Waals surface area contributed by atoms with E-state index in [1.165, 1.54) is 38.1 Å². The van der Waals surface area contributed by atoms with Crippen molar-refractivity contribution in [1.82, 2.24) is 10.1 Å². The monoisotopic (exact) mass is 504 g/mol. The molecular weight excluding hydrogens is 475 g/mol. The second-order valence-corrected chi connectivity index (χ2v) is 10.4. The highest BCUT2D eigenvalue weighted by Crippen LogP contribution is 2.25. The van der Waals surface area contributed by atoms with Crippen molar-refractivity contribution in [1.29, 1.82) is 0 Å². The van der Waals surface area contributed by atoms with Gasteiger partial charge in [-0.15, -0.1) is 0 Å². The second kappa shape index (κ2) is 10.9. The Labute approximate surface area is 203 Å². The fourth-order valence-electron chi connectivity index (χ4n) is 3.00. The second-order valence-electron chi connectivity index (χ2n) is 8.68. The summed E-state index contributed by atoms with van der Waals surface area (Å²) in [6.07, 6.45) is 1.29. The number of alkyl halides is 1. The number of halogens is 1. The van der Waals surface area contributed by atoms with Crippen LogP contribution in [0, 0.1) is 5.41 Å². The summed E-state index contributed by atoms with van der Waals surface area (Å²) < 4.78 is 46.8. The van der Waals surface area contributed by atoms with E-state index in [2.05, 4.69) is 20.2 Å². The molecule has 0 spiro atoms. The summed E-state index contributed by atoms with van der Waals surface area (Å²) in [5, 5.41) is 6.51. The third-order valence-corrected chi connectivity index (χ3v) is 6.58. The van der Waals surface area contributed by atoms with Gasteiger partial charge >= 0.3 is 0 Å². The van der Waals surface area contributed by atoms with E-state index in [-0.39, 0.29) is 22.3 Å². The topological polar surface area (TPSA) is 166 Å². The molecule has 35 heavy (non-hydrogen) atoms. The van der Waals surface area contributed by atoms with Crippen LogP contribution in [0.4, 0.5) is 15.8 Å². The van der Waals surface area contributed by atoms with E-state index >= 15 is 0 Å². The summed E-state index contributed by atoms with van der Waals surface area (Å²) in [5.41, 5.74) is 11.3. The molecule has 3 aromatic rings. The average molecular weight is 505 g/mol. The molecule has 1 atom stereocenters. The first-order valence-corrected chi connectivity index (χ1v) is 12.4. The summed E-state index contributed by atoms with van der Waals surface area (Å²) in [5.74, 6) is -0.0648. The minimum absolute atomic E-state index is 0.0261. The molecule has 0 radical (unpaired) electrons. The lowest BCUT2D eigenvalue weighted by molar-refractivity contribution is -0.124. The highest BCUT2D eigenvalue weighted by atomic mass is 32.2. The van der Waals surface area contributed by atoms with Crippen LogP contribution < -0.4 is 21.5 Å². The minimum atomic E-state index is -3.99.